The number of hydrogen-bond acceptors (Lipinski definition) is 1. The van der Waals surface area contributed by atoms with E-state index in [1.165, 1.54) is 10.9 Å². The number of rotatable bonds is 2. The van der Waals surface area contributed by atoms with Crippen molar-refractivity contribution in [1.29, 1.82) is 0 Å². The molecule has 0 aromatic carbocycles. The SMILES string of the molecule is CC(C)c1occc1[Si](C)(C)C. The highest BCUT2D eigenvalue weighted by molar-refractivity contribution is 6.89. The lowest BCUT2D eigenvalue weighted by Crippen LogP contribution is -2.39. The van der Waals surface area contributed by atoms with Crippen molar-refractivity contribution in [2.75, 3.05) is 0 Å². The molecule has 1 nitrogen and oxygen atoms in total. The molecule has 0 spiro atoms. The van der Waals surface area contributed by atoms with E-state index in [9.17, 15) is 0 Å². The molecule has 0 N–H and O–H groups in total. The van der Waals surface area contributed by atoms with Gasteiger partial charge in [-0.25, -0.2) is 0 Å². The maximum absolute atomic E-state index is 5.49. The molecule has 12 heavy (non-hydrogen) atoms. The maximum atomic E-state index is 5.49. The molecule has 0 saturated carbocycles. The molecule has 0 atom stereocenters. The Morgan fingerprint density at radius 1 is 1.25 bits per heavy atom. The minimum Gasteiger partial charge on any atom is -0.469 e. The molecular weight excluding hydrogens is 164 g/mol. The van der Waals surface area contributed by atoms with Crippen molar-refractivity contribution in [1.82, 2.24) is 0 Å². The van der Waals surface area contributed by atoms with Crippen LogP contribution in [0.5, 0.6) is 0 Å². The lowest BCUT2D eigenvalue weighted by atomic mass is 10.2. The molecule has 0 bridgehead atoms. The molecule has 0 saturated heterocycles. The van der Waals surface area contributed by atoms with Crippen molar-refractivity contribution in [3.63, 3.8) is 0 Å². The van der Waals surface area contributed by atoms with Gasteiger partial charge in [0.25, 0.3) is 0 Å². The monoisotopic (exact) mass is 182 g/mol. The van der Waals surface area contributed by atoms with Gasteiger partial charge in [-0.3, -0.25) is 0 Å². The van der Waals surface area contributed by atoms with Crippen LogP contribution >= 0.6 is 0 Å². The Balaban J connectivity index is 3.08. The zero-order valence-electron chi connectivity index (χ0n) is 8.64. The molecule has 0 amide bonds. The molecule has 0 radical (unpaired) electrons. The van der Waals surface area contributed by atoms with Gasteiger partial charge in [0, 0.05) is 5.92 Å². The predicted molar refractivity (Wildman–Crippen MR) is 55.8 cm³/mol. The molecule has 68 valence electrons. The average Bonchev–Trinajstić information content (AvgIpc) is 2.30. The van der Waals surface area contributed by atoms with Gasteiger partial charge >= 0.3 is 0 Å². The van der Waals surface area contributed by atoms with Crippen LogP contribution < -0.4 is 5.19 Å². The lowest BCUT2D eigenvalue weighted by molar-refractivity contribution is 0.489. The van der Waals surface area contributed by atoms with Crippen molar-refractivity contribution < 1.29 is 4.42 Å². The largest absolute Gasteiger partial charge is 0.469 e. The smallest absolute Gasteiger partial charge is 0.105 e. The third-order valence-corrected chi connectivity index (χ3v) is 4.06. The Bertz CT molecular complexity index is 255. The van der Waals surface area contributed by atoms with Gasteiger partial charge in [-0.15, -0.1) is 0 Å². The van der Waals surface area contributed by atoms with Gasteiger partial charge in [0.2, 0.25) is 0 Å². The first kappa shape index (κ1) is 9.58. The molecule has 1 heterocycles. The van der Waals surface area contributed by atoms with Crippen molar-refractivity contribution in [3.8, 4) is 0 Å². The minimum atomic E-state index is -1.18. The minimum absolute atomic E-state index is 0.515. The van der Waals surface area contributed by atoms with E-state index >= 15 is 0 Å². The first-order valence-corrected chi connectivity index (χ1v) is 8.01. The van der Waals surface area contributed by atoms with Crippen LogP contribution in [-0.2, 0) is 0 Å². The summed E-state index contributed by atoms with van der Waals surface area (Å²) in [6.45, 7) is 11.4. The van der Waals surface area contributed by atoms with E-state index in [2.05, 4.69) is 39.6 Å². The van der Waals surface area contributed by atoms with Crippen LogP contribution in [0.1, 0.15) is 25.5 Å². The molecule has 2 heteroatoms. The summed E-state index contributed by atoms with van der Waals surface area (Å²) in [4.78, 5) is 0. The van der Waals surface area contributed by atoms with Gasteiger partial charge in [-0.05, 0) is 11.3 Å². The van der Waals surface area contributed by atoms with Crippen LogP contribution in [0.4, 0.5) is 0 Å². The fraction of sp³-hybridized carbons (Fsp3) is 0.600. The van der Waals surface area contributed by atoms with Gasteiger partial charge in [-0.2, -0.15) is 0 Å². The van der Waals surface area contributed by atoms with E-state index in [1.54, 1.807) is 0 Å². The predicted octanol–water partition coefficient (Wildman–Crippen LogP) is 2.95. The quantitative estimate of drug-likeness (QED) is 0.641. The topological polar surface area (TPSA) is 13.1 Å². The Kier molecular flexibility index (Phi) is 2.47. The first-order valence-electron chi connectivity index (χ1n) is 4.51. The summed E-state index contributed by atoms with van der Waals surface area (Å²) in [6.07, 6.45) is 1.82. The van der Waals surface area contributed by atoms with E-state index in [-0.39, 0.29) is 0 Å². The number of hydrogen-bond donors (Lipinski definition) is 0. The summed E-state index contributed by atoms with van der Waals surface area (Å²) in [7, 11) is -1.18. The fourth-order valence-corrected chi connectivity index (χ4v) is 3.04. The van der Waals surface area contributed by atoms with E-state index in [4.69, 9.17) is 4.42 Å². The lowest BCUT2D eigenvalue weighted by Gasteiger charge is -2.17. The molecule has 0 aliphatic rings. The zero-order valence-corrected chi connectivity index (χ0v) is 9.64. The van der Waals surface area contributed by atoms with Gasteiger partial charge < -0.3 is 4.42 Å². The third kappa shape index (κ3) is 1.80. The molecule has 0 aliphatic carbocycles. The first-order chi connectivity index (χ1) is 5.43. The molecule has 0 fully saturated rings. The van der Waals surface area contributed by atoms with E-state index in [0.717, 1.165) is 0 Å². The Labute approximate surface area is 75.8 Å². The highest BCUT2D eigenvalue weighted by atomic mass is 28.3. The van der Waals surface area contributed by atoms with Gasteiger partial charge in [0.05, 0.1) is 14.3 Å². The van der Waals surface area contributed by atoms with Crippen molar-refractivity contribution in [2.45, 2.75) is 39.4 Å². The van der Waals surface area contributed by atoms with Gasteiger partial charge in [0.15, 0.2) is 0 Å². The summed E-state index contributed by atoms with van der Waals surface area (Å²) in [5.41, 5.74) is 0. The van der Waals surface area contributed by atoms with Crippen LogP contribution in [0.25, 0.3) is 0 Å². The Hall–Kier alpha value is -0.503. The van der Waals surface area contributed by atoms with Crippen molar-refractivity contribution in [2.24, 2.45) is 0 Å². The number of furan rings is 1. The molecule has 1 aromatic rings. The van der Waals surface area contributed by atoms with E-state index < -0.39 is 8.07 Å². The second-order valence-corrected chi connectivity index (χ2v) is 9.64. The van der Waals surface area contributed by atoms with Crippen LogP contribution in [0.3, 0.4) is 0 Å². The van der Waals surface area contributed by atoms with Crippen LogP contribution in [-0.4, -0.2) is 8.07 Å². The van der Waals surface area contributed by atoms with E-state index in [0.29, 0.717) is 5.92 Å². The zero-order chi connectivity index (χ0) is 9.35. The standard InChI is InChI=1S/C10H18OSi/c1-8(2)10-9(6-7-11-10)12(3,4)5/h6-8H,1-5H3. The summed E-state index contributed by atoms with van der Waals surface area (Å²) in [5, 5.41) is 1.47. The third-order valence-electron chi connectivity index (χ3n) is 2.03. The summed E-state index contributed by atoms with van der Waals surface area (Å²) in [5.74, 6) is 1.70. The van der Waals surface area contributed by atoms with E-state index in [1.807, 2.05) is 6.26 Å². The fourth-order valence-electron chi connectivity index (χ4n) is 1.39. The molecule has 0 unspecified atom stereocenters. The van der Waals surface area contributed by atoms with Crippen LogP contribution in [0.2, 0.25) is 19.6 Å². The second kappa shape index (κ2) is 3.09. The summed E-state index contributed by atoms with van der Waals surface area (Å²) < 4.78 is 5.49. The second-order valence-electron chi connectivity index (χ2n) is 4.60. The molecule has 1 rings (SSSR count). The molecule has 0 aliphatic heterocycles. The highest BCUT2D eigenvalue weighted by Crippen LogP contribution is 2.16. The Morgan fingerprint density at radius 2 is 1.83 bits per heavy atom. The summed E-state index contributed by atoms with van der Waals surface area (Å²) >= 11 is 0. The molecule has 1 aromatic heterocycles. The van der Waals surface area contributed by atoms with Crippen molar-refractivity contribution in [3.05, 3.63) is 18.1 Å². The normalized spacial score (nSPS) is 12.5. The summed E-state index contributed by atoms with van der Waals surface area (Å²) in [6, 6.07) is 2.14. The van der Waals surface area contributed by atoms with Crippen molar-refractivity contribution >= 4 is 13.3 Å². The molecular formula is C10H18OSi. The maximum Gasteiger partial charge on any atom is 0.105 e. The Morgan fingerprint density at radius 3 is 2.17 bits per heavy atom. The average molecular weight is 182 g/mol. The van der Waals surface area contributed by atoms with Crippen LogP contribution in [0.15, 0.2) is 16.7 Å². The van der Waals surface area contributed by atoms with Gasteiger partial charge in [0.1, 0.15) is 5.76 Å². The van der Waals surface area contributed by atoms with Crippen LogP contribution in [0, 0.1) is 0 Å². The highest BCUT2D eigenvalue weighted by Gasteiger charge is 2.23. The van der Waals surface area contributed by atoms with Gasteiger partial charge in [-0.1, -0.05) is 33.5 Å².